The van der Waals surface area contributed by atoms with Gasteiger partial charge in [0, 0.05) is 28.4 Å². The van der Waals surface area contributed by atoms with Gasteiger partial charge in [0.05, 0.1) is 4.90 Å². The molecule has 0 aliphatic heterocycles. The van der Waals surface area contributed by atoms with E-state index in [4.69, 9.17) is 23.2 Å². The minimum absolute atomic E-state index is 0.172. The van der Waals surface area contributed by atoms with Crippen LogP contribution in [0, 0.1) is 6.92 Å². The van der Waals surface area contributed by atoms with Crippen molar-refractivity contribution in [1.29, 1.82) is 0 Å². The van der Waals surface area contributed by atoms with Gasteiger partial charge in [0.15, 0.2) is 9.84 Å². The summed E-state index contributed by atoms with van der Waals surface area (Å²) in [6.45, 7) is 2.12. The highest BCUT2D eigenvalue weighted by Crippen LogP contribution is 2.24. The quantitative estimate of drug-likeness (QED) is 0.892. The maximum Gasteiger partial charge on any atom is 0.251 e. The van der Waals surface area contributed by atoms with Crippen LogP contribution in [-0.2, 0) is 16.4 Å². The molecule has 2 aromatic carbocycles. The molecule has 0 heterocycles. The number of carbonyl (C=O) groups is 1. The normalized spacial score (nSPS) is 11.3. The minimum Gasteiger partial charge on any atom is -0.348 e. The van der Waals surface area contributed by atoms with Crippen LogP contribution in [0.3, 0.4) is 0 Å². The summed E-state index contributed by atoms with van der Waals surface area (Å²) >= 11 is 12.0. The van der Waals surface area contributed by atoms with Crippen molar-refractivity contribution in [1.82, 2.24) is 5.32 Å². The summed E-state index contributed by atoms with van der Waals surface area (Å²) < 4.78 is 22.8. The zero-order valence-electron chi connectivity index (χ0n) is 12.6. The molecule has 0 aliphatic rings. The zero-order valence-corrected chi connectivity index (χ0v) is 14.9. The molecule has 0 bridgehead atoms. The third kappa shape index (κ3) is 4.47. The number of sulfone groups is 1. The third-order valence-corrected chi connectivity index (χ3v) is 5.04. The highest BCUT2D eigenvalue weighted by molar-refractivity contribution is 7.90. The minimum atomic E-state index is -3.28. The summed E-state index contributed by atoms with van der Waals surface area (Å²) in [6.07, 6.45) is 1.12. The largest absolute Gasteiger partial charge is 0.348 e. The fourth-order valence-corrected chi connectivity index (χ4v) is 3.37. The molecule has 1 amide bonds. The fraction of sp³-hybridized carbons (Fsp3) is 0.188. The van der Waals surface area contributed by atoms with Gasteiger partial charge in [-0.05, 0) is 54.4 Å². The van der Waals surface area contributed by atoms with Gasteiger partial charge in [0.1, 0.15) is 0 Å². The van der Waals surface area contributed by atoms with Crippen molar-refractivity contribution >= 4 is 38.9 Å². The van der Waals surface area contributed by atoms with Crippen LogP contribution in [0.2, 0.25) is 10.0 Å². The lowest BCUT2D eigenvalue weighted by molar-refractivity contribution is 0.0951. The molecule has 4 nitrogen and oxygen atoms in total. The molecular weight excluding hydrogens is 357 g/mol. The molecule has 23 heavy (non-hydrogen) atoms. The molecule has 2 rings (SSSR count). The average Bonchev–Trinajstić information content (AvgIpc) is 2.45. The Labute approximate surface area is 145 Å². The van der Waals surface area contributed by atoms with Gasteiger partial charge in [-0.2, -0.15) is 0 Å². The second-order valence-electron chi connectivity index (χ2n) is 5.16. The average molecular weight is 372 g/mol. The van der Waals surface area contributed by atoms with Crippen molar-refractivity contribution in [2.24, 2.45) is 0 Å². The molecular formula is C16H15Cl2NO3S. The van der Waals surface area contributed by atoms with Gasteiger partial charge in [-0.1, -0.05) is 23.2 Å². The first-order valence-corrected chi connectivity index (χ1v) is 9.36. The molecule has 0 radical (unpaired) electrons. The van der Waals surface area contributed by atoms with Gasteiger partial charge in [0.2, 0.25) is 0 Å². The number of hydrogen-bond acceptors (Lipinski definition) is 3. The highest BCUT2D eigenvalue weighted by Gasteiger charge is 2.11. The summed E-state index contributed by atoms with van der Waals surface area (Å²) in [6, 6.07) is 9.16. The van der Waals surface area contributed by atoms with E-state index in [0.29, 0.717) is 15.6 Å². The molecule has 0 atom stereocenters. The van der Waals surface area contributed by atoms with E-state index < -0.39 is 9.84 Å². The van der Waals surface area contributed by atoms with E-state index in [1.165, 1.54) is 24.3 Å². The fourth-order valence-electron chi connectivity index (χ4n) is 2.08. The van der Waals surface area contributed by atoms with Crippen molar-refractivity contribution in [2.45, 2.75) is 18.4 Å². The van der Waals surface area contributed by atoms with Crippen molar-refractivity contribution in [2.75, 3.05) is 6.26 Å². The first kappa shape index (κ1) is 17.8. The van der Waals surface area contributed by atoms with Crippen LogP contribution >= 0.6 is 23.2 Å². The maximum absolute atomic E-state index is 12.1. The van der Waals surface area contributed by atoms with Gasteiger partial charge in [0.25, 0.3) is 5.91 Å². The zero-order chi connectivity index (χ0) is 17.2. The molecule has 2 aromatic rings. The Morgan fingerprint density at radius 1 is 1.13 bits per heavy atom. The monoisotopic (exact) mass is 371 g/mol. The Kier molecular flexibility index (Phi) is 5.34. The van der Waals surface area contributed by atoms with Gasteiger partial charge >= 0.3 is 0 Å². The summed E-state index contributed by atoms with van der Waals surface area (Å²) in [5.41, 5.74) is 2.05. The van der Waals surface area contributed by atoms with Crippen LogP contribution in [0.15, 0.2) is 41.3 Å². The van der Waals surface area contributed by atoms with E-state index in [1.54, 1.807) is 12.1 Å². The van der Waals surface area contributed by atoms with E-state index in [0.717, 1.165) is 17.4 Å². The van der Waals surface area contributed by atoms with Crippen molar-refractivity contribution in [3.8, 4) is 0 Å². The Morgan fingerprint density at radius 3 is 2.26 bits per heavy atom. The molecule has 0 aromatic heterocycles. The number of halogens is 2. The molecule has 7 heteroatoms. The number of hydrogen-bond donors (Lipinski definition) is 1. The van der Waals surface area contributed by atoms with E-state index in [9.17, 15) is 13.2 Å². The summed E-state index contributed by atoms with van der Waals surface area (Å²) in [5.74, 6) is -0.310. The van der Waals surface area contributed by atoms with Crippen molar-refractivity contribution in [3.05, 3.63) is 63.1 Å². The first-order valence-electron chi connectivity index (χ1n) is 6.71. The lowest BCUT2D eigenvalue weighted by atomic mass is 10.1. The molecule has 0 spiro atoms. The number of amides is 1. The van der Waals surface area contributed by atoms with Gasteiger partial charge in [-0.3, -0.25) is 4.79 Å². The van der Waals surface area contributed by atoms with E-state index in [-0.39, 0.29) is 17.3 Å². The molecule has 0 saturated carbocycles. The molecule has 122 valence electrons. The first-order chi connectivity index (χ1) is 10.7. The lowest BCUT2D eigenvalue weighted by Crippen LogP contribution is -2.23. The standard InChI is InChI=1S/C16H15Cl2NO3S/c1-10-7-12(17)8-15(18)14(10)9-19-16(20)11-3-5-13(6-4-11)23(2,21)22/h3-8H,9H2,1-2H3,(H,19,20). The van der Waals surface area contributed by atoms with E-state index in [1.807, 2.05) is 6.92 Å². The Hall–Kier alpha value is -1.56. The van der Waals surface area contributed by atoms with Gasteiger partial charge < -0.3 is 5.32 Å². The smallest absolute Gasteiger partial charge is 0.251 e. The Balaban J connectivity index is 2.11. The number of rotatable bonds is 4. The highest BCUT2D eigenvalue weighted by atomic mass is 35.5. The lowest BCUT2D eigenvalue weighted by Gasteiger charge is -2.11. The topological polar surface area (TPSA) is 63.2 Å². The summed E-state index contributed by atoms with van der Waals surface area (Å²) in [7, 11) is -3.28. The van der Waals surface area contributed by atoms with E-state index in [2.05, 4.69) is 5.32 Å². The molecule has 0 fully saturated rings. The number of aryl methyl sites for hydroxylation is 1. The van der Waals surface area contributed by atoms with Crippen molar-refractivity contribution in [3.63, 3.8) is 0 Å². The Morgan fingerprint density at radius 2 is 1.74 bits per heavy atom. The second kappa shape index (κ2) is 6.91. The number of benzene rings is 2. The summed E-state index contributed by atoms with van der Waals surface area (Å²) in [4.78, 5) is 12.3. The van der Waals surface area contributed by atoms with Gasteiger partial charge in [-0.15, -0.1) is 0 Å². The van der Waals surface area contributed by atoms with Crippen LogP contribution in [0.25, 0.3) is 0 Å². The maximum atomic E-state index is 12.1. The van der Waals surface area contributed by atoms with E-state index >= 15 is 0 Å². The third-order valence-electron chi connectivity index (χ3n) is 3.35. The second-order valence-corrected chi connectivity index (χ2v) is 8.02. The van der Waals surface area contributed by atoms with Crippen LogP contribution in [0.5, 0.6) is 0 Å². The Bertz CT molecular complexity index is 823. The van der Waals surface area contributed by atoms with Crippen molar-refractivity contribution < 1.29 is 13.2 Å². The van der Waals surface area contributed by atoms with Gasteiger partial charge in [-0.25, -0.2) is 8.42 Å². The molecule has 0 saturated heterocycles. The van der Waals surface area contributed by atoms with Crippen LogP contribution in [0.1, 0.15) is 21.5 Å². The SMILES string of the molecule is Cc1cc(Cl)cc(Cl)c1CNC(=O)c1ccc(S(C)(=O)=O)cc1. The predicted octanol–water partition coefficient (Wildman–Crippen LogP) is 3.64. The molecule has 0 aliphatic carbocycles. The molecule has 0 unspecified atom stereocenters. The molecule has 1 N–H and O–H groups in total. The number of carbonyl (C=O) groups excluding carboxylic acids is 1. The van der Waals surface area contributed by atoms with Crippen LogP contribution in [0.4, 0.5) is 0 Å². The van der Waals surface area contributed by atoms with Crippen LogP contribution < -0.4 is 5.32 Å². The summed E-state index contributed by atoms with van der Waals surface area (Å²) in [5, 5.41) is 3.79. The number of nitrogens with one attached hydrogen (secondary N) is 1. The predicted molar refractivity (Wildman–Crippen MR) is 91.9 cm³/mol. The van der Waals surface area contributed by atoms with Crippen LogP contribution in [-0.4, -0.2) is 20.6 Å².